The molecule has 1 aliphatic heterocycles. The zero-order valence-electron chi connectivity index (χ0n) is 15.1. The lowest BCUT2D eigenvalue weighted by Gasteiger charge is -2.43. The van der Waals surface area contributed by atoms with E-state index in [1.807, 2.05) is 18.2 Å². The molecule has 2 saturated carbocycles. The van der Waals surface area contributed by atoms with E-state index in [1.54, 1.807) is 0 Å². The van der Waals surface area contributed by atoms with E-state index in [0.29, 0.717) is 24.5 Å². The number of likely N-dealkylation sites (N-methyl/N-ethyl adjacent to an activating group) is 1. The number of amides is 1. The molecule has 2 fully saturated rings. The Bertz CT molecular complexity index is 629. The molecule has 1 heterocycles. The summed E-state index contributed by atoms with van der Waals surface area (Å²) in [4.78, 5) is 14.9. The maximum atomic E-state index is 12.8. The second kappa shape index (κ2) is 8.68. The molecular weight excluding hydrogens is 373 g/mol. The SMILES string of the molecule is CN1CCOc2ccc(NC(=O)C3CC4CCCC(C3)C4N)cc21.Cl.Cl. The van der Waals surface area contributed by atoms with Gasteiger partial charge in [-0.3, -0.25) is 4.79 Å². The lowest BCUT2D eigenvalue weighted by Crippen LogP contribution is -2.48. The highest BCUT2D eigenvalue weighted by Gasteiger charge is 2.40. The molecule has 0 saturated heterocycles. The van der Waals surface area contributed by atoms with Crippen LogP contribution in [0.4, 0.5) is 11.4 Å². The Balaban J connectivity index is 0.00000121. The topological polar surface area (TPSA) is 67.6 Å². The quantitative estimate of drug-likeness (QED) is 0.795. The highest BCUT2D eigenvalue weighted by molar-refractivity contribution is 5.93. The first-order valence-electron chi connectivity index (χ1n) is 9.16. The third-order valence-electron chi connectivity index (χ3n) is 6.11. The van der Waals surface area contributed by atoms with E-state index in [4.69, 9.17) is 10.5 Å². The first kappa shape index (κ1) is 21.1. The van der Waals surface area contributed by atoms with Crippen LogP contribution in [0, 0.1) is 17.8 Å². The molecule has 3 aliphatic rings. The number of hydrogen-bond donors (Lipinski definition) is 2. The van der Waals surface area contributed by atoms with E-state index in [9.17, 15) is 4.79 Å². The maximum absolute atomic E-state index is 12.8. The van der Waals surface area contributed by atoms with E-state index in [1.165, 1.54) is 19.3 Å². The van der Waals surface area contributed by atoms with Crippen molar-refractivity contribution in [1.82, 2.24) is 0 Å². The summed E-state index contributed by atoms with van der Waals surface area (Å²) in [5.41, 5.74) is 8.24. The van der Waals surface area contributed by atoms with Crippen LogP contribution in [-0.2, 0) is 4.79 Å². The van der Waals surface area contributed by atoms with Gasteiger partial charge in [0.1, 0.15) is 12.4 Å². The van der Waals surface area contributed by atoms with Gasteiger partial charge in [0.25, 0.3) is 0 Å². The molecule has 2 aliphatic carbocycles. The number of hydrogen-bond acceptors (Lipinski definition) is 4. The Morgan fingerprint density at radius 3 is 2.62 bits per heavy atom. The molecule has 7 heteroatoms. The van der Waals surface area contributed by atoms with E-state index >= 15 is 0 Å². The number of halogens is 2. The molecule has 0 aromatic heterocycles. The van der Waals surface area contributed by atoms with Crippen LogP contribution in [0.15, 0.2) is 18.2 Å². The molecule has 1 amide bonds. The van der Waals surface area contributed by atoms with Gasteiger partial charge >= 0.3 is 0 Å². The van der Waals surface area contributed by atoms with Crippen molar-refractivity contribution in [2.45, 2.75) is 38.1 Å². The average molecular weight is 402 g/mol. The van der Waals surface area contributed by atoms with Gasteiger partial charge in [-0.05, 0) is 55.7 Å². The highest BCUT2D eigenvalue weighted by Crippen LogP contribution is 2.42. The minimum atomic E-state index is 0. The number of ether oxygens (including phenoxy) is 1. The minimum Gasteiger partial charge on any atom is -0.490 e. The molecule has 146 valence electrons. The Labute approximate surface area is 167 Å². The van der Waals surface area contributed by atoms with Gasteiger partial charge in [-0.2, -0.15) is 0 Å². The second-order valence-electron chi connectivity index (χ2n) is 7.64. The van der Waals surface area contributed by atoms with Gasteiger partial charge in [-0.15, -0.1) is 24.8 Å². The van der Waals surface area contributed by atoms with Crippen LogP contribution in [0.25, 0.3) is 0 Å². The number of nitrogens with two attached hydrogens (primary N) is 1. The van der Waals surface area contributed by atoms with Crippen LogP contribution in [-0.4, -0.2) is 32.1 Å². The minimum absolute atomic E-state index is 0. The summed E-state index contributed by atoms with van der Waals surface area (Å²) in [5, 5.41) is 3.12. The van der Waals surface area contributed by atoms with Crippen LogP contribution in [0.5, 0.6) is 5.75 Å². The second-order valence-corrected chi connectivity index (χ2v) is 7.64. The van der Waals surface area contributed by atoms with Crippen LogP contribution in [0.2, 0.25) is 0 Å². The van der Waals surface area contributed by atoms with Gasteiger partial charge in [0.2, 0.25) is 5.91 Å². The summed E-state index contributed by atoms with van der Waals surface area (Å²) >= 11 is 0. The first-order valence-corrected chi connectivity index (χ1v) is 9.16. The summed E-state index contributed by atoms with van der Waals surface area (Å²) in [6.45, 7) is 1.58. The lowest BCUT2D eigenvalue weighted by atomic mass is 9.65. The molecule has 2 bridgehead atoms. The van der Waals surface area contributed by atoms with Crippen molar-refractivity contribution in [3.63, 3.8) is 0 Å². The predicted octanol–water partition coefficient (Wildman–Crippen LogP) is 3.45. The van der Waals surface area contributed by atoms with Crippen LogP contribution >= 0.6 is 24.8 Å². The Kier molecular flexibility index (Phi) is 7.05. The Morgan fingerprint density at radius 1 is 1.23 bits per heavy atom. The predicted molar refractivity (Wildman–Crippen MR) is 110 cm³/mol. The molecule has 0 radical (unpaired) electrons. The number of fused-ring (bicyclic) bond motifs is 3. The highest BCUT2D eigenvalue weighted by atomic mass is 35.5. The summed E-state index contributed by atoms with van der Waals surface area (Å²) < 4.78 is 5.66. The third-order valence-corrected chi connectivity index (χ3v) is 6.11. The van der Waals surface area contributed by atoms with Crippen LogP contribution in [0.3, 0.4) is 0 Å². The van der Waals surface area contributed by atoms with E-state index in [0.717, 1.165) is 36.5 Å². The number of nitrogens with zero attached hydrogens (tertiary/aromatic N) is 1. The number of rotatable bonds is 2. The number of benzene rings is 1. The average Bonchev–Trinajstić information content (AvgIpc) is 2.55. The fraction of sp³-hybridized carbons (Fsp3) is 0.632. The molecule has 4 rings (SSSR count). The van der Waals surface area contributed by atoms with Crippen molar-refractivity contribution in [1.29, 1.82) is 0 Å². The summed E-state index contributed by atoms with van der Waals surface area (Å²) in [6, 6.07) is 6.21. The molecule has 3 N–H and O–H groups in total. The molecular formula is C19H29Cl2N3O2. The van der Waals surface area contributed by atoms with Crippen molar-refractivity contribution in [3.8, 4) is 5.75 Å². The third kappa shape index (κ3) is 4.05. The molecule has 5 nitrogen and oxygen atoms in total. The fourth-order valence-corrected chi connectivity index (χ4v) is 4.68. The van der Waals surface area contributed by atoms with Crippen molar-refractivity contribution in [2.75, 3.05) is 30.4 Å². The molecule has 2 atom stereocenters. The smallest absolute Gasteiger partial charge is 0.227 e. The normalized spacial score (nSPS) is 29.4. The van der Waals surface area contributed by atoms with Gasteiger partial charge in [-0.1, -0.05) is 6.42 Å². The monoisotopic (exact) mass is 401 g/mol. The van der Waals surface area contributed by atoms with Gasteiger partial charge in [0.15, 0.2) is 0 Å². The van der Waals surface area contributed by atoms with Crippen molar-refractivity contribution < 1.29 is 9.53 Å². The van der Waals surface area contributed by atoms with E-state index in [-0.39, 0.29) is 36.6 Å². The first-order chi connectivity index (χ1) is 11.6. The van der Waals surface area contributed by atoms with Gasteiger partial charge in [-0.25, -0.2) is 0 Å². The zero-order valence-corrected chi connectivity index (χ0v) is 16.8. The number of anilines is 2. The van der Waals surface area contributed by atoms with Gasteiger partial charge in [0, 0.05) is 24.7 Å². The van der Waals surface area contributed by atoms with E-state index in [2.05, 4.69) is 17.3 Å². The number of nitrogens with one attached hydrogen (secondary N) is 1. The molecule has 2 unspecified atom stereocenters. The molecule has 0 spiro atoms. The number of carbonyl (C=O) groups excluding carboxylic acids is 1. The maximum Gasteiger partial charge on any atom is 0.227 e. The van der Waals surface area contributed by atoms with Crippen molar-refractivity contribution in [3.05, 3.63) is 18.2 Å². The summed E-state index contributed by atoms with van der Waals surface area (Å²) in [6.07, 6.45) is 5.52. The lowest BCUT2D eigenvalue weighted by molar-refractivity contribution is -0.122. The van der Waals surface area contributed by atoms with Crippen molar-refractivity contribution in [2.24, 2.45) is 23.5 Å². The Hall–Kier alpha value is -1.17. The van der Waals surface area contributed by atoms with Gasteiger partial charge in [0.05, 0.1) is 12.2 Å². The molecule has 1 aromatic carbocycles. The van der Waals surface area contributed by atoms with E-state index < -0.39 is 0 Å². The van der Waals surface area contributed by atoms with Gasteiger partial charge < -0.3 is 20.7 Å². The number of carbonyl (C=O) groups is 1. The molecule has 1 aromatic rings. The fourth-order valence-electron chi connectivity index (χ4n) is 4.68. The summed E-state index contributed by atoms with van der Waals surface area (Å²) in [7, 11) is 2.05. The Morgan fingerprint density at radius 2 is 1.92 bits per heavy atom. The van der Waals surface area contributed by atoms with Crippen molar-refractivity contribution >= 4 is 42.1 Å². The standard InChI is InChI=1S/C19H27N3O2.2ClH/c1-22-7-8-24-17-6-5-15(11-16(17)22)21-19(23)14-9-12-3-2-4-13(10-14)18(12)20;;/h5-6,11-14,18H,2-4,7-10,20H2,1H3,(H,21,23);2*1H. The largest absolute Gasteiger partial charge is 0.490 e. The summed E-state index contributed by atoms with van der Waals surface area (Å²) in [5.74, 6) is 2.19. The zero-order chi connectivity index (χ0) is 16.7. The van der Waals surface area contributed by atoms with Crippen LogP contribution < -0.4 is 20.7 Å². The molecule has 26 heavy (non-hydrogen) atoms. The van der Waals surface area contributed by atoms with Crippen LogP contribution in [0.1, 0.15) is 32.1 Å².